The van der Waals surface area contributed by atoms with Crippen LogP contribution in [0.25, 0.3) is 22.3 Å². The second-order valence-corrected chi connectivity index (χ2v) is 6.57. The fourth-order valence-corrected chi connectivity index (χ4v) is 3.19. The van der Waals surface area contributed by atoms with Crippen molar-refractivity contribution in [2.45, 2.75) is 6.54 Å². The molecule has 27 heavy (non-hydrogen) atoms. The van der Waals surface area contributed by atoms with Crippen LogP contribution in [-0.4, -0.2) is 19.1 Å². The molecule has 8 heteroatoms. The number of hydrogen-bond donors (Lipinski definition) is 0. The summed E-state index contributed by atoms with van der Waals surface area (Å²) < 4.78 is 29.8. The minimum Gasteiger partial charge on any atom is -0.286 e. The van der Waals surface area contributed by atoms with E-state index in [1.54, 1.807) is 29.9 Å². The molecule has 0 atom stereocenters. The van der Waals surface area contributed by atoms with E-state index in [4.69, 9.17) is 11.6 Å². The Morgan fingerprint density at radius 1 is 1.04 bits per heavy atom. The van der Waals surface area contributed by atoms with Gasteiger partial charge in [-0.2, -0.15) is 0 Å². The Morgan fingerprint density at radius 2 is 1.85 bits per heavy atom. The van der Waals surface area contributed by atoms with E-state index in [0.717, 1.165) is 17.7 Å². The summed E-state index contributed by atoms with van der Waals surface area (Å²) in [5.74, 6) is -1.86. The highest BCUT2D eigenvalue weighted by Crippen LogP contribution is 2.24. The van der Waals surface area contributed by atoms with Gasteiger partial charge in [-0.15, -0.1) is 0 Å². The van der Waals surface area contributed by atoms with E-state index in [1.807, 2.05) is 0 Å². The van der Waals surface area contributed by atoms with E-state index >= 15 is 0 Å². The molecule has 0 bridgehead atoms. The number of aryl methyl sites for hydroxylation is 1. The van der Waals surface area contributed by atoms with Gasteiger partial charge in [-0.3, -0.25) is 14.1 Å². The first-order chi connectivity index (χ1) is 12.9. The van der Waals surface area contributed by atoms with Gasteiger partial charge in [0.05, 0.1) is 17.1 Å². The Balaban J connectivity index is 1.87. The lowest BCUT2D eigenvalue weighted by Gasteiger charge is -2.06. The monoisotopic (exact) mass is 386 g/mol. The molecule has 0 N–H and O–H groups in total. The molecule has 0 saturated heterocycles. The first-order valence-electron chi connectivity index (χ1n) is 8.04. The summed E-state index contributed by atoms with van der Waals surface area (Å²) in [5.41, 5.74) is 2.61. The van der Waals surface area contributed by atoms with Gasteiger partial charge in [0, 0.05) is 31.2 Å². The molecule has 4 aromatic rings. The molecule has 0 saturated carbocycles. The van der Waals surface area contributed by atoms with Gasteiger partial charge >= 0.3 is 5.69 Å². The first kappa shape index (κ1) is 17.4. The average Bonchev–Trinajstić information content (AvgIpc) is 2.88. The number of nitrogens with zero attached hydrogens (tertiary/aromatic N) is 4. The predicted molar refractivity (Wildman–Crippen MR) is 98.7 cm³/mol. The summed E-state index contributed by atoms with van der Waals surface area (Å²) >= 11 is 5.97. The van der Waals surface area contributed by atoms with Gasteiger partial charge in [0.25, 0.3) is 0 Å². The van der Waals surface area contributed by atoms with Crippen molar-refractivity contribution in [2.24, 2.45) is 7.05 Å². The second-order valence-electron chi connectivity index (χ2n) is 6.13. The molecule has 0 aliphatic carbocycles. The number of fused-ring (bicyclic) bond motifs is 1. The van der Waals surface area contributed by atoms with Gasteiger partial charge in [-0.25, -0.2) is 18.6 Å². The molecule has 3 aromatic heterocycles. The molecule has 4 rings (SSSR count). The quantitative estimate of drug-likeness (QED) is 0.538. The third-order valence-corrected chi connectivity index (χ3v) is 4.54. The Kier molecular flexibility index (Phi) is 4.24. The number of halogens is 3. The van der Waals surface area contributed by atoms with Crippen molar-refractivity contribution in [2.75, 3.05) is 0 Å². The Labute approximate surface area is 157 Å². The number of pyridine rings is 2. The van der Waals surface area contributed by atoms with Gasteiger partial charge in [0.1, 0.15) is 0 Å². The number of aromatic nitrogens is 4. The van der Waals surface area contributed by atoms with Crippen molar-refractivity contribution in [3.05, 3.63) is 81.6 Å². The lowest BCUT2D eigenvalue weighted by Crippen LogP contribution is -2.22. The van der Waals surface area contributed by atoms with Crippen LogP contribution in [0.15, 0.2) is 53.7 Å². The second kappa shape index (κ2) is 6.59. The van der Waals surface area contributed by atoms with Gasteiger partial charge in [-0.1, -0.05) is 17.7 Å². The minimum atomic E-state index is -0.942. The zero-order valence-electron chi connectivity index (χ0n) is 14.2. The molecular formula is C19H13ClF2N4O. The maximum atomic E-state index is 13.6. The van der Waals surface area contributed by atoms with E-state index in [2.05, 4.69) is 9.97 Å². The highest BCUT2D eigenvalue weighted by Gasteiger charge is 2.14. The number of rotatable bonds is 3. The zero-order chi connectivity index (χ0) is 19.1. The molecule has 5 nitrogen and oxygen atoms in total. The molecule has 3 heterocycles. The topological polar surface area (TPSA) is 52.7 Å². The van der Waals surface area contributed by atoms with Crippen molar-refractivity contribution in [1.29, 1.82) is 0 Å². The van der Waals surface area contributed by atoms with Crippen molar-refractivity contribution in [3.8, 4) is 11.1 Å². The molecule has 0 radical (unpaired) electrons. The Hall–Kier alpha value is -3.06. The summed E-state index contributed by atoms with van der Waals surface area (Å²) in [4.78, 5) is 21.0. The highest BCUT2D eigenvalue weighted by atomic mass is 35.5. The van der Waals surface area contributed by atoms with Crippen LogP contribution in [0.4, 0.5) is 8.78 Å². The van der Waals surface area contributed by atoms with Crippen LogP contribution >= 0.6 is 11.6 Å². The molecular weight excluding hydrogens is 374 g/mol. The molecule has 0 aliphatic heterocycles. The first-order valence-corrected chi connectivity index (χ1v) is 8.42. The summed E-state index contributed by atoms with van der Waals surface area (Å²) in [5, 5.41) is 0.474. The van der Waals surface area contributed by atoms with E-state index in [-0.39, 0.29) is 12.2 Å². The van der Waals surface area contributed by atoms with Crippen LogP contribution < -0.4 is 5.69 Å². The summed E-state index contributed by atoms with van der Waals surface area (Å²) in [6.07, 6.45) is 4.67. The molecule has 0 fully saturated rings. The zero-order valence-corrected chi connectivity index (χ0v) is 14.9. The van der Waals surface area contributed by atoms with E-state index in [9.17, 15) is 13.6 Å². The SMILES string of the molecule is Cn1c(=O)n(Cc2cncc(Cl)c2)c2cc(-c3ccc(F)c(F)c3)cnc21. The van der Waals surface area contributed by atoms with Crippen LogP contribution in [0.1, 0.15) is 5.56 Å². The van der Waals surface area contributed by atoms with Gasteiger partial charge in [-0.05, 0) is 35.4 Å². The molecule has 0 aliphatic rings. The number of benzene rings is 1. The third-order valence-electron chi connectivity index (χ3n) is 4.33. The third kappa shape index (κ3) is 3.10. The summed E-state index contributed by atoms with van der Waals surface area (Å²) in [6.45, 7) is 0.257. The van der Waals surface area contributed by atoms with E-state index in [0.29, 0.717) is 27.3 Å². The fourth-order valence-electron chi connectivity index (χ4n) is 2.99. The highest BCUT2D eigenvalue weighted by molar-refractivity contribution is 6.30. The molecule has 0 amide bonds. The average molecular weight is 387 g/mol. The molecule has 1 aromatic carbocycles. The largest absolute Gasteiger partial charge is 0.330 e. The Morgan fingerprint density at radius 3 is 2.59 bits per heavy atom. The van der Waals surface area contributed by atoms with Crippen molar-refractivity contribution < 1.29 is 8.78 Å². The maximum absolute atomic E-state index is 13.6. The lowest BCUT2D eigenvalue weighted by atomic mass is 10.1. The Bertz CT molecular complexity index is 1230. The van der Waals surface area contributed by atoms with Crippen molar-refractivity contribution in [1.82, 2.24) is 19.1 Å². The minimum absolute atomic E-state index is 0.250. The molecule has 136 valence electrons. The van der Waals surface area contributed by atoms with Crippen molar-refractivity contribution >= 4 is 22.8 Å². The predicted octanol–water partition coefficient (Wildman–Crippen LogP) is 3.78. The molecule has 0 unspecified atom stereocenters. The van der Waals surface area contributed by atoms with Crippen LogP contribution in [0.3, 0.4) is 0 Å². The van der Waals surface area contributed by atoms with E-state index < -0.39 is 11.6 Å². The van der Waals surface area contributed by atoms with Crippen molar-refractivity contribution in [3.63, 3.8) is 0 Å². The van der Waals surface area contributed by atoms with Crippen LogP contribution in [0.5, 0.6) is 0 Å². The van der Waals surface area contributed by atoms with E-state index in [1.165, 1.54) is 23.0 Å². The van der Waals surface area contributed by atoms with Crippen LogP contribution in [-0.2, 0) is 13.6 Å². The van der Waals surface area contributed by atoms with Gasteiger partial charge in [0.2, 0.25) is 0 Å². The van der Waals surface area contributed by atoms with Gasteiger partial charge in [0.15, 0.2) is 17.3 Å². The smallest absolute Gasteiger partial charge is 0.286 e. The number of hydrogen-bond acceptors (Lipinski definition) is 3. The molecule has 0 spiro atoms. The van der Waals surface area contributed by atoms with Crippen LogP contribution in [0, 0.1) is 11.6 Å². The standard InChI is InChI=1S/C19H13ClF2N4O/c1-25-18-17(26(19(25)27)10-11-4-14(20)9-23-7-11)6-13(8-24-18)12-2-3-15(21)16(22)5-12/h2-9H,10H2,1H3. The van der Waals surface area contributed by atoms with Crippen LogP contribution in [0.2, 0.25) is 5.02 Å². The normalized spacial score (nSPS) is 11.3. The lowest BCUT2D eigenvalue weighted by molar-refractivity contribution is 0.509. The fraction of sp³-hybridized carbons (Fsp3) is 0.105. The summed E-state index contributed by atoms with van der Waals surface area (Å²) in [7, 11) is 1.63. The van der Waals surface area contributed by atoms with Gasteiger partial charge < -0.3 is 0 Å². The summed E-state index contributed by atoms with van der Waals surface area (Å²) in [6, 6.07) is 7.09. The maximum Gasteiger partial charge on any atom is 0.330 e. The number of imidazole rings is 1.